The maximum Gasteiger partial charge on any atom is 0.334 e. The lowest BCUT2D eigenvalue weighted by Gasteiger charge is -2.15. The van der Waals surface area contributed by atoms with Crippen LogP contribution in [0.3, 0.4) is 0 Å². The molecule has 1 rings (SSSR count). The molecule has 7 nitrogen and oxygen atoms in total. The molecule has 21 heavy (non-hydrogen) atoms. The minimum atomic E-state index is -0.896. The van der Waals surface area contributed by atoms with Crippen molar-refractivity contribution in [2.75, 3.05) is 20.8 Å². The quantitative estimate of drug-likeness (QED) is 0.340. The Morgan fingerprint density at radius 3 is 2.33 bits per heavy atom. The predicted octanol–water partition coefficient (Wildman–Crippen LogP) is 1.32. The Kier molecular flexibility index (Phi) is 6.06. The molecular weight excluding hydrogens is 278 g/mol. The third-order valence-corrected chi connectivity index (χ3v) is 2.80. The van der Waals surface area contributed by atoms with Crippen LogP contribution in [0.15, 0.2) is 42.0 Å². The fourth-order valence-corrected chi connectivity index (χ4v) is 1.82. The van der Waals surface area contributed by atoms with Crippen molar-refractivity contribution in [2.45, 2.75) is 5.92 Å². The maximum absolute atomic E-state index is 11.8. The number of methoxy groups -OCH3 is 2. The lowest BCUT2D eigenvalue weighted by Crippen LogP contribution is -2.22. The maximum atomic E-state index is 11.8. The monoisotopic (exact) mass is 293 g/mol. The summed E-state index contributed by atoms with van der Waals surface area (Å²) in [5.74, 6) is -2.48. The van der Waals surface area contributed by atoms with Gasteiger partial charge >= 0.3 is 11.9 Å². The van der Waals surface area contributed by atoms with E-state index in [0.717, 1.165) is 20.3 Å². The number of hydrogen-bond donors (Lipinski definition) is 0. The van der Waals surface area contributed by atoms with Gasteiger partial charge in [0.05, 0.1) is 25.7 Å². The summed E-state index contributed by atoms with van der Waals surface area (Å²) in [4.78, 5) is 33.5. The highest BCUT2D eigenvalue weighted by Gasteiger charge is 2.29. The number of nitro groups is 1. The van der Waals surface area contributed by atoms with Crippen LogP contribution in [-0.4, -0.2) is 37.6 Å². The minimum absolute atomic E-state index is 0.118. The number of carbonyl (C=O) groups is 2. The zero-order valence-electron chi connectivity index (χ0n) is 11.6. The summed E-state index contributed by atoms with van der Waals surface area (Å²) in [7, 11) is 2.29. The summed E-state index contributed by atoms with van der Waals surface area (Å²) < 4.78 is 9.08. The molecule has 0 bridgehead atoms. The molecule has 7 heteroatoms. The molecule has 1 atom stereocenters. The van der Waals surface area contributed by atoms with Gasteiger partial charge in [-0.05, 0) is 5.56 Å². The fourth-order valence-electron chi connectivity index (χ4n) is 1.82. The molecule has 0 N–H and O–H groups in total. The molecule has 0 fully saturated rings. The molecule has 0 saturated heterocycles. The Balaban J connectivity index is 3.30. The largest absolute Gasteiger partial charge is 0.466 e. The standard InChI is InChI=1S/C14H15NO6/c1-20-13(16)8-11(14(17)21-2)12(9-15(18)19)10-6-4-3-5-7-10/h3-8,12H,9H2,1-2H3/b11-8-/t12-/m1/s1. The highest BCUT2D eigenvalue weighted by Crippen LogP contribution is 2.25. The first kappa shape index (κ1) is 16.4. The van der Waals surface area contributed by atoms with Crippen LogP contribution < -0.4 is 0 Å². The van der Waals surface area contributed by atoms with Crippen LogP contribution in [0, 0.1) is 10.1 Å². The highest BCUT2D eigenvalue weighted by molar-refractivity contribution is 5.97. The smallest absolute Gasteiger partial charge is 0.334 e. The van der Waals surface area contributed by atoms with E-state index in [9.17, 15) is 19.7 Å². The summed E-state index contributed by atoms with van der Waals surface area (Å²) in [5.41, 5.74) is 0.419. The molecule has 1 aromatic carbocycles. The molecule has 0 radical (unpaired) electrons. The third-order valence-electron chi connectivity index (χ3n) is 2.80. The zero-order valence-corrected chi connectivity index (χ0v) is 11.6. The van der Waals surface area contributed by atoms with E-state index >= 15 is 0 Å². The van der Waals surface area contributed by atoms with Crippen molar-refractivity contribution in [1.82, 2.24) is 0 Å². The van der Waals surface area contributed by atoms with E-state index in [1.165, 1.54) is 0 Å². The van der Waals surface area contributed by atoms with Gasteiger partial charge in [0.1, 0.15) is 0 Å². The van der Waals surface area contributed by atoms with Crippen molar-refractivity contribution in [3.63, 3.8) is 0 Å². The van der Waals surface area contributed by atoms with Crippen molar-refractivity contribution < 1.29 is 24.0 Å². The first-order valence-electron chi connectivity index (χ1n) is 6.04. The van der Waals surface area contributed by atoms with Gasteiger partial charge in [0.2, 0.25) is 6.54 Å². The first-order valence-corrected chi connectivity index (χ1v) is 6.04. The van der Waals surface area contributed by atoms with Crippen LogP contribution >= 0.6 is 0 Å². The van der Waals surface area contributed by atoms with Gasteiger partial charge in [-0.15, -0.1) is 0 Å². The van der Waals surface area contributed by atoms with E-state index < -0.39 is 29.3 Å². The molecule has 0 aliphatic carbocycles. The fraction of sp³-hybridized carbons (Fsp3) is 0.286. The van der Waals surface area contributed by atoms with Crippen molar-refractivity contribution in [3.8, 4) is 0 Å². The van der Waals surface area contributed by atoms with Crippen molar-refractivity contribution >= 4 is 11.9 Å². The second-order valence-electron chi connectivity index (χ2n) is 4.09. The Morgan fingerprint density at radius 1 is 1.24 bits per heavy atom. The van der Waals surface area contributed by atoms with Crippen molar-refractivity contribution in [1.29, 1.82) is 0 Å². The molecule has 0 aliphatic rings. The first-order chi connectivity index (χ1) is 9.99. The second-order valence-corrected chi connectivity index (χ2v) is 4.09. The molecule has 0 amide bonds. The summed E-state index contributed by atoms with van der Waals surface area (Å²) >= 11 is 0. The van der Waals surface area contributed by atoms with E-state index in [4.69, 9.17) is 0 Å². The number of nitrogens with zero attached hydrogens (tertiary/aromatic N) is 1. The van der Waals surface area contributed by atoms with Crippen LogP contribution in [-0.2, 0) is 19.1 Å². The van der Waals surface area contributed by atoms with E-state index in [-0.39, 0.29) is 5.57 Å². The normalized spacial score (nSPS) is 12.4. The molecule has 1 aromatic rings. The van der Waals surface area contributed by atoms with E-state index in [0.29, 0.717) is 5.56 Å². The summed E-state index contributed by atoms with van der Waals surface area (Å²) in [6.07, 6.45) is 0.924. The zero-order chi connectivity index (χ0) is 15.8. The number of benzene rings is 1. The van der Waals surface area contributed by atoms with Gasteiger partial charge in [-0.2, -0.15) is 0 Å². The molecule has 0 heterocycles. The summed E-state index contributed by atoms with van der Waals surface area (Å²) in [6, 6.07) is 8.41. The average molecular weight is 293 g/mol. The molecule has 0 aromatic heterocycles. The SMILES string of the molecule is COC(=O)/C=C(\C(=O)OC)[C@H](C[N+](=O)[O-])c1ccccc1. The van der Waals surface area contributed by atoms with Gasteiger partial charge in [0.25, 0.3) is 0 Å². The number of ether oxygens (including phenoxy) is 2. The number of esters is 2. The van der Waals surface area contributed by atoms with Gasteiger partial charge in [-0.3, -0.25) is 10.1 Å². The highest BCUT2D eigenvalue weighted by atomic mass is 16.6. The number of carbonyl (C=O) groups excluding carboxylic acids is 2. The predicted molar refractivity (Wildman–Crippen MR) is 73.2 cm³/mol. The number of rotatable bonds is 6. The molecular formula is C14H15NO6. The lowest BCUT2D eigenvalue weighted by atomic mass is 9.90. The molecule has 0 unspecified atom stereocenters. The van der Waals surface area contributed by atoms with Crippen molar-refractivity contribution in [3.05, 3.63) is 57.7 Å². The molecule has 0 spiro atoms. The molecule has 0 saturated carbocycles. The van der Waals surface area contributed by atoms with Crippen LogP contribution in [0.5, 0.6) is 0 Å². The van der Waals surface area contributed by atoms with Crippen LogP contribution in [0.25, 0.3) is 0 Å². The number of hydrogen-bond acceptors (Lipinski definition) is 6. The van der Waals surface area contributed by atoms with Crippen molar-refractivity contribution in [2.24, 2.45) is 0 Å². The van der Waals surface area contributed by atoms with Gasteiger partial charge in [-0.25, -0.2) is 9.59 Å². The summed E-state index contributed by atoms with van der Waals surface area (Å²) in [6.45, 7) is -0.540. The molecule has 0 aliphatic heterocycles. The van der Waals surface area contributed by atoms with Crippen LogP contribution in [0.4, 0.5) is 0 Å². The average Bonchev–Trinajstić information content (AvgIpc) is 2.50. The van der Waals surface area contributed by atoms with Gasteiger partial charge < -0.3 is 9.47 Å². The summed E-state index contributed by atoms with van der Waals surface area (Å²) in [5, 5.41) is 10.9. The third kappa shape index (κ3) is 4.72. The van der Waals surface area contributed by atoms with Crippen LogP contribution in [0.2, 0.25) is 0 Å². The minimum Gasteiger partial charge on any atom is -0.466 e. The Labute approximate surface area is 121 Å². The second kappa shape index (κ2) is 7.78. The Morgan fingerprint density at radius 2 is 1.86 bits per heavy atom. The van der Waals surface area contributed by atoms with Gasteiger partial charge in [0.15, 0.2) is 0 Å². The van der Waals surface area contributed by atoms with Crippen LogP contribution in [0.1, 0.15) is 11.5 Å². The topological polar surface area (TPSA) is 95.7 Å². The van der Waals surface area contributed by atoms with E-state index in [2.05, 4.69) is 9.47 Å². The Hall–Kier alpha value is -2.70. The Bertz CT molecular complexity index is 552. The lowest BCUT2D eigenvalue weighted by molar-refractivity contribution is -0.481. The van der Waals surface area contributed by atoms with E-state index in [1.807, 2.05) is 0 Å². The van der Waals surface area contributed by atoms with Gasteiger partial charge in [0, 0.05) is 11.0 Å². The van der Waals surface area contributed by atoms with Gasteiger partial charge in [-0.1, -0.05) is 30.3 Å². The molecule has 112 valence electrons. The van der Waals surface area contributed by atoms with E-state index in [1.54, 1.807) is 30.3 Å².